The molecule has 0 amide bonds. The van der Waals surface area contributed by atoms with E-state index in [-0.39, 0.29) is 5.56 Å². The van der Waals surface area contributed by atoms with Gasteiger partial charge in [0, 0.05) is 16.0 Å². The summed E-state index contributed by atoms with van der Waals surface area (Å²) in [4.78, 5) is 0. The summed E-state index contributed by atoms with van der Waals surface area (Å²) in [5.41, 5.74) is 2.44. The highest BCUT2D eigenvalue weighted by Crippen LogP contribution is 2.44. The van der Waals surface area contributed by atoms with Crippen molar-refractivity contribution in [2.75, 3.05) is 0 Å². The normalized spacial score (nSPS) is 18.9. The molecule has 0 aromatic heterocycles. The molecular weight excluding hydrogens is 346 g/mol. The average Bonchev–Trinajstić information content (AvgIpc) is 2.56. The van der Waals surface area contributed by atoms with E-state index in [1.54, 1.807) is 12.1 Å². The number of rotatable bonds is 3. The van der Waals surface area contributed by atoms with Crippen molar-refractivity contribution in [3.63, 3.8) is 0 Å². The number of allylic oxidation sites excluding steroid dienone is 2. The van der Waals surface area contributed by atoms with Crippen molar-refractivity contribution in [1.29, 1.82) is 0 Å². The van der Waals surface area contributed by atoms with Crippen molar-refractivity contribution in [1.82, 2.24) is 0 Å². The molecule has 2 aromatic carbocycles. The van der Waals surface area contributed by atoms with Gasteiger partial charge in [0.15, 0.2) is 0 Å². The lowest BCUT2D eigenvalue weighted by Crippen LogP contribution is -2.27. The Morgan fingerprint density at radius 3 is 2.23 bits per heavy atom. The molecule has 0 N–H and O–H groups in total. The molecule has 0 saturated heterocycles. The predicted molar refractivity (Wildman–Crippen MR) is 89.8 cm³/mol. The topological polar surface area (TPSA) is 0 Å². The Morgan fingerprint density at radius 1 is 0.955 bits per heavy atom. The van der Waals surface area contributed by atoms with Crippen LogP contribution in [-0.4, -0.2) is 0 Å². The number of alkyl halides is 2. The highest BCUT2D eigenvalue weighted by molar-refractivity contribution is 9.10. The molecule has 22 heavy (non-hydrogen) atoms. The molecule has 2 aromatic rings. The first-order valence-electron chi connectivity index (χ1n) is 7.45. The van der Waals surface area contributed by atoms with Crippen molar-refractivity contribution in [3.8, 4) is 0 Å². The van der Waals surface area contributed by atoms with Gasteiger partial charge in [0.25, 0.3) is 5.92 Å². The summed E-state index contributed by atoms with van der Waals surface area (Å²) in [5.74, 6) is -3.40. The van der Waals surface area contributed by atoms with Crippen LogP contribution in [0.25, 0.3) is 5.57 Å². The van der Waals surface area contributed by atoms with Crippen LogP contribution < -0.4 is 0 Å². The quantitative estimate of drug-likeness (QED) is 0.590. The second-order valence-electron chi connectivity index (χ2n) is 5.70. The van der Waals surface area contributed by atoms with E-state index in [0.717, 1.165) is 10.0 Å². The first-order chi connectivity index (χ1) is 10.6. The van der Waals surface area contributed by atoms with Crippen molar-refractivity contribution in [2.24, 2.45) is 5.92 Å². The molecular formula is C19H17BrF2. The molecule has 0 radical (unpaired) electrons. The van der Waals surface area contributed by atoms with Crippen molar-refractivity contribution in [2.45, 2.75) is 25.2 Å². The molecule has 0 nitrogen and oxygen atoms in total. The molecule has 3 rings (SSSR count). The minimum absolute atomic E-state index is 0.109. The van der Waals surface area contributed by atoms with E-state index < -0.39 is 11.8 Å². The fraction of sp³-hybridized carbons (Fsp3) is 0.263. The van der Waals surface area contributed by atoms with E-state index in [1.807, 2.05) is 36.4 Å². The maximum atomic E-state index is 14.7. The molecule has 0 aliphatic heterocycles. The standard InChI is InChI=1S/C19H17BrF2/c20-18-12-10-17(11-13-18)19(21,22)16-8-6-15(7-9-16)14-4-2-1-3-5-14/h1-6,10-13,16H,7-9H2. The Bertz CT molecular complexity index is 660. The smallest absolute Gasteiger partial charge is 0.201 e. The van der Waals surface area contributed by atoms with E-state index in [9.17, 15) is 8.78 Å². The fourth-order valence-electron chi connectivity index (χ4n) is 2.99. The second-order valence-corrected chi connectivity index (χ2v) is 6.61. The lowest BCUT2D eigenvalue weighted by molar-refractivity contribution is -0.0678. The van der Waals surface area contributed by atoms with Gasteiger partial charge in [-0.05, 0) is 42.5 Å². The summed E-state index contributed by atoms with van der Waals surface area (Å²) in [6, 6.07) is 16.4. The predicted octanol–water partition coefficient (Wildman–Crippen LogP) is 6.42. The van der Waals surface area contributed by atoms with Gasteiger partial charge in [-0.15, -0.1) is 0 Å². The van der Waals surface area contributed by atoms with Gasteiger partial charge in [0.05, 0.1) is 0 Å². The zero-order valence-corrected chi connectivity index (χ0v) is 13.7. The van der Waals surface area contributed by atoms with E-state index in [2.05, 4.69) is 15.9 Å². The van der Waals surface area contributed by atoms with Crippen LogP contribution >= 0.6 is 15.9 Å². The van der Waals surface area contributed by atoms with Gasteiger partial charge in [0.2, 0.25) is 0 Å². The summed E-state index contributed by atoms with van der Waals surface area (Å²) in [6.45, 7) is 0. The maximum absolute atomic E-state index is 14.7. The van der Waals surface area contributed by atoms with Crippen LogP contribution in [0, 0.1) is 5.92 Å². The minimum atomic E-state index is -2.78. The van der Waals surface area contributed by atoms with Crippen LogP contribution in [0.3, 0.4) is 0 Å². The molecule has 0 heterocycles. The lowest BCUT2D eigenvalue weighted by Gasteiger charge is -2.30. The number of benzene rings is 2. The molecule has 1 unspecified atom stereocenters. The molecule has 114 valence electrons. The fourth-order valence-corrected chi connectivity index (χ4v) is 3.25. The molecule has 0 spiro atoms. The summed E-state index contributed by atoms with van der Waals surface area (Å²) in [7, 11) is 0. The molecule has 1 atom stereocenters. The van der Waals surface area contributed by atoms with E-state index >= 15 is 0 Å². The van der Waals surface area contributed by atoms with Gasteiger partial charge in [-0.1, -0.05) is 64.5 Å². The van der Waals surface area contributed by atoms with Crippen LogP contribution in [-0.2, 0) is 5.92 Å². The van der Waals surface area contributed by atoms with Crippen molar-refractivity contribution in [3.05, 3.63) is 76.3 Å². The number of hydrogen-bond acceptors (Lipinski definition) is 0. The Balaban J connectivity index is 1.77. The second kappa shape index (κ2) is 6.33. The lowest BCUT2D eigenvalue weighted by atomic mass is 9.81. The van der Waals surface area contributed by atoms with Crippen molar-refractivity contribution < 1.29 is 8.78 Å². The zero-order valence-electron chi connectivity index (χ0n) is 12.1. The summed E-state index contributed by atoms with van der Waals surface area (Å²) < 4.78 is 30.1. The zero-order chi connectivity index (χ0) is 15.6. The molecule has 0 saturated carbocycles. The Morgan fingerprint density at radius 2 is 1.64 bits per heavy atom. The Labute approximate surface area is 138 Å². The van der Waals surface area contributed by atoms with Crippen LogP contribution in [0.15, 0.2) is 65.1 Å². The molecule has 0 bridgehead atoms. The molecule has 1 aliphatic rings. The highest BCUT2D eigenvalue weighted by Gasteiger charge is 2.41. The summed E-state index contributed by atoms with van der Waals surface area (Å²) in [5, 5.41) is 0. The Kier molecular flexibility index (Phi) is 4.44. The van der Waals surface area contributed by atoms with E-state index in [1.165, 1.54) is 17.7 Å². The molecule has 0 fully saturated rings. The maximum Gasteiger partial charge on any atom is 0.276 e. The molecule has 3 heteroatoms. The van der Waals surface area contributed by atoms with Crippen LogP contribution in [0.1, 0.15) is 30.4 Å². The Hall–Kier alpha value is -1.48. The van der Waals surface area contributed by atoms with Crippen LogP contribution in [0.4, 0.5) is 8.78 Å². The van der Waals surface area contributed by atoms with Crippen LogP contribution in [0.2, 0.25) is 0 Å². The first-order valence-corrected chi connectivity index (χ1v) is 8.25. The first kappa shape index (κ1) is 15.4. The third-order valence-corrected chi connectivity index (χ3v) is 4.83. The van der Waals surface area contributed by atoms with E-state index in [0.29, 0.717) is 19.3 Å². The SMILES string of the molecule is FC(F)(c1ccc(Br)cc1)C1CC=C(c2ccccc2)CC1. The number of halogens is 3. The van der Waals surface area contributed by atoms with Crippen molar-refractivity contribution >= 4 is 21.5 Å². The third-order valence-electron chi connectivity index (χ3n) is 4.30. The number of hydrogen-bond donors (Lipinski definition) is 0. The summed E-state index contributed by atoms with van der Waals surface area (Å²) >= 11 is 3.29. The molecule has 1 aliphatic carbocycles. The van der Waals surface area contributed by atoms with E-state index in [4.69, 9.17) is 0 Å². The monoisotopic (exact) mass is 362 g/mol. The van der Waals surface area contributed by atoms with Gasteiger partial charge in [-0.3, -0.25) is 0 Å². The minimum Gasteiger partial charge on any atom is -0.201 e. The van der Waals surface area contributed by atoms with Gasteiger partial charge in [-0.25, -0.2) is 8.78 Å². The van der Waals surface area contributed by atoms with Gasteiger partial charge < -0.3 is 0 Å². The summed E-state index contributed by atoms with van der Waals surface area (Å²) in [6.07, 6.45) is 3.63. The van der Waals surface area contributed by atoms with Gasteiger partial charge >= 0.3 is 0 Å². The third kappa shape index (κ3) is 3.14. The largest absolute Gasteiger partial charge is 0.276 e. The van der Waals surface area contributed by atoms with Gasteiger partial charge in [-0.2, -0.15) is 0 Å². The average molecular weight is 363 g/mol. The highest BCUT2D eigenvalue weighted by atomic mass is 79.9. The van der Waals surface area contributed by atoms with Crippen LogP contribution in [0.5, 0.6) is 0 Å². The van der Waals surface area contributed by atoms with Gasteiger partial charge in [0.1, 0.15) is 0 Å².